The summed E-state index contributed by atoms with van der Waals surface area (Å²) < 4.78 is 27.2. The van der Waals surface area contributed by atoms with Crippen molar-refractivity contribution in [3.63, 3.8) is 0 Å². The molecule has 0 heterocycles. The van der Waals surface area contributed by atoms with E-state index in [1.807, 2.05) is 0 Å². The Hall–Kier alpha value is -1.90. The molecule has 0 aromatic heterocycles. The molecule has 0 atom stereocenters. The molecule has 2 rings (SSSR count). The summed E-state index contributed by atoms with van der Waals surface area (Å²) >= 11 is 0. The Morgan fingerprint density at radius 1 is 0.875 bits per heavy atom. The highest BCUT2D eigenvalue weighted by molar-refractivity contribution is 5.67. The van der Waals surface area contributed by atoms with E-state index in [-0.39, 0.29) is 11.1 Å². The van der Waals surface area contributed by atoms with Gasteiger partial charge in [-0.3, -0.25) is 0 Å². The second-order valence-corrected chi connectivity index (χ2v) is 3.72. The van der Waals surface area contributed by atoms with Crippen molar-refractivity contribution >= 4 is 5.69 Å². The van der Waals surface area contributed by atoms with Crippen molar-refractivity contribution in [3.8, 4) is 11.1 Å². The molecule has 0 aliphatic rings. The Bertz CT molecular complexity index is 486. The average Bonchev–Trinajstić information content (AvgIpc) is 2.19. The van der Waals surface area contributed by atoms with Crippen LogP contribution < -0.4 is 5.73 Å². The first-order valence-corrected chi connectivity index (χ1v) is 4.89. The first-order valence-electron chi connectivity index (χ1n) is 4.89. The Kier molecular flexibility index (Phi) is 2.60. The number of anilines is 1. The number of aryl methyl sites for hydroxylation is 1. The van der Waals surface area contributed by atoms with Crippen LogP contribution in [0.5, 0.6) is 0 Å². The van der Waals surface area contributed by atoms with Crippen molar-refractivity contribution in [2.75, 3.05) is 5.73 Å². The first-order chi connectivity index (χ1) is 7.58. The molecule has 0 spiro atoms. The molecule has 0 aliphatic carbocycles. The van der Waals surface area contributed by atoms with E-state index < -0.39 is 11.6 Å². The minimum absolute atomic E-state index is 0.228. The number of benzene rings is 2. The number of hydrogen-bond acceptors (Lipinski definition) is 1. The molecule has 2 N–H and O–H groups in total. The number of halogens is 2. The fourth-order valence-electron chi connectivity index (χ4n) is 1.59. The van der Waals surface area contributed by atoms with Crippen LogP contribution in [0.25, 0.3) is 11.1 Å². The zero-order valence-corrected chi connectivity index (χ0v) is 8.80. The fraction of sp³-hybridized carbons (Fsp3) is 0.0769. The molecule has 0 saturated carbocycles. The maximum atomic E-state index is 13.6. The lowest BCUT2D eigenvalue weighted by atomic mass is 10.0. The predicted molar refractivity (Wildman–Crippen MR) is 60.9 cm³/mol. The van der Waals surface area contributed by atoms with Gasteiger partial charge in [0, 0.05) is 16.8 Å². The molecular formula is C13H11F2N. The Morgan fingerprint density at radius 3 is 2.00 bits per heavy atom. The van der Waals surface area contributed by atoms with E-state index >= 15 is 0 Å². The largest absolute Gasteiger partial charge is 0.399 e. The summed E-state index contributed by atoms with van der Waals surface area (Å²) in [6.07, 6.45) is 0. The van der Waals surface area contributed by atoms with E-state index in [9.17, 15) is 8.78 Å². The van der Waals surface area contributed by atoms with Gasteiger partial charge in [-0.15, -0.1) is 0 Å². The van der Waals surface area contributed by atoms with Crippen LogP contribution in [0.3, 0.4) is 0 Å². The minimum Gasteiger partial charge on any atom is -0.399 e. The number of nitrogen functional groups attached to an aromatic ring is 1. The smallest absolute Gasteiger partial charge is 0.133 e. The third kappa shape index (κ3) is 1.89. The molecule has 0 bridgehead atoms. The van der Waals surface area contributed by atoms with Crippen LogP contribution in [0.2, 0.25) is 0 Å². The lowest BCUT2D eigenvalue weighted by molar-refractivity contribution is 0.616. The summed E-state index contributed by atoms with van der Waals surface area (Å²) in [4.78, 5) is 0. The molecular weight excluding hydrogens is 208 g/mol. The Labute approximate surface area is 92.5 Å². The van der Waals surface area contributed by atoms with E-state index in [4.69, 9.17) is 5.73 Å². The van der Waals surface area contributed by atoms with Gasteiger partial charge in [-0.25, -0.2) is 8.78 Å². The molecule has 16 heavy (non-hydrogen) atoms. The highest BCUT2D eigenvalue weighted by Gasteiger charge is 2.09. The molecule has 82 valence electrons. The van der Waals surface area contributed by atoms with E-state index in [2.05, 4.69) is 0 Å². The Morgan fingerprint density at radius 2 is 1.44 bits per heavy atom. The topological polar surface area (TPSA) is 26.0 Å². The highest BCUT2D eigenvalue weighted by atomic mass is 19.1. The quantitative estimate of drug-likeness (QED) is 0.729. The second kappa shape index (κ2) is 3.93. The zero-order chi connectivity index (χ0) is 11.7. The number of rotatable bonds is 1. The molecule has 0 unspecified atom stereocenters. The molecule has 3 heteroatoms. The normalized spacial score (nSPS) is 10.4. The van der Waals surface area contributed by atoms with E-state index in [0.717, 1.165) is 5.56 Å². The van der Waals surface area contributed by atoms with Gasteiger partial charge in [-0.2, -0.15) is 0 Å². The van der Waals surface area contributed by atoms with Crippen LogP contribution in [0.15, 0.2) is 36.4 Å². The van der Waals surface area contributed by atoms with Crippen molar-refractivity contribution in [1.29, 1.82) is 0 Å². The van der Waals surface area contributed by atoms with Crippen molar-refractivity contribution in [2.45, 2.75) is 6.92 Å². The summed E-state index contributed by atoms with van der Waals surface area (Å²) in [5.74, 6) is -0.938. The molecule has 0 radical (unpaired) electrons. The van der Waals surface area contributed by atoms with Gasteiger partial charge < -0.3 is 5.73 Å². The lowest BCUT2D eigenvalue weighted by Crippen LogP contribution is -1.92. The van der Waals surface area contributed by atoms with Gasteiger partial charge in [0.05, 0.1) is 0 Å². The second-order valence-electron chi connectivity index (χ2n) is 3.72. The summed E-state index contributed by atoms with van der Waals surface area (Å²) in [5.41, 5.74) is 7.05. The number of hydrogen-bond donors (Lipinski definition) is 1. The summed E-state index contributed by atoms with van der Waals surface area (Å²) in [5, 5.41) is 0. The lowest BCUT2D eigenvalue weighted by Gasteiger charge is -2.06. The van der Waals surface area contributed by atoms with Crippen LogP contribution in [0, 0.1) is 18.6 Å². The van der Waals surface area contributed by atoms with E-state index in [1.54, 1.807) is 25.1 Å². The van der Waals surface area contributed by atoms with Gasteiger partial charge in [-0.05, 0) is 36.8 Å². The van der Waals surface area contributed by atoms with Crippen LogP contribution in [-0.2, 0) is 0 Å². The maximum Gasteiger partial charge on any atom is 0.133 e. The molecule has 1 nitrogen and oxygen atoms in total. The number of nitrogens with two attached hydrogens (primary N) is 1. The van der Waals surface area contributed by atoms with Gasteiger partial charge in [0.2, 0.25) is 0 Å². The first kappa shape index (κ1) is 10.6. The van der Waals surface area contributed by atoms with Gasteiger partial charge >= 0.3 is 0 Å². The Balaban J connectivity index is 2.59. The van der Waals surface area contributed by atoms with E-state index in [1.165, 1.54) is 18.2 Å². The summed E-state index contributed by atoms with van der Waals surface area (Å²) in [7, 11) is 0. The third-order valence-corrected chi connectivity index (χ3v) is 2.41. The van der Waals surface area contributed by atoms with Crippen LogP contribution >= 0.6 is 0 Å². The van der Waals surface area contributed by atoms with Crippen molar-refractivity contribution in [2.24, 2.45) is 0 Å². The van der Waals surface area contributed by atoms with Crippen LogP contribution in [0.4, 0.5) is 14.5 Å². The SMILES string of the molecule is Cc1ccc(-c2ccc(N)cc2F)c(F)c1. The summed E-state index contributed by atoms with van der Waals surface area (Å²) in [6.45, 7) is 1.78. The van der Waals surface area contributed by atoms with E-state index in [0.29, 0.717) is 5.69 Å². The minimum atomic E-state index is -0.511. The van der Waals surface area contributed by atoms with Gasteiger partial charge in [0.25, 0.3) is 0 Å². The standard InChI is InChI=1S/C13H11F2N/c1-8-2-4-10(12(14)6-8)11-5-3-9(16)7-13(11)15/h2-7H,16H2,1H3. The molecule has 0 saturated heterocycles. The molecule has 0 amide bonds. The zero-order valence-electron chi connectivity index (χ0n) is 8.80. The van der Waals surface area contributed by atoms with Gasteiger partial charge in [0.15, 0.2) is 0 Å². The van der Waals surface area contributed by atoms with Crippen LogP contribution in [0.1, 0.15) is 5.56 Å². The average molecular weight is 219 g/mol. The highest BCUT2D eigenvalue weighted by Crippen LogP contribution is 2.27. The van der Waals surface area contributed by atoms with Crippen molar-refractivity contribution in [1.82, 2.24) is 0 Å². The van der Waals surface area contributed by atoms with Crippen molar-refractivity contribution in [3.05, 3.63) is 53.6 Å². The fourth-order valence-corrected chi connectivity index (χ4v) is 1.59. The van der Waals surface area contributed by atoms with Gasteiger partial charge in [0.1, 0.15) is 11.6 Å². The molecule has 2 aromatic rings. The monoisotopic (exact) mass is 219 g/mol. The molecule has 0 fully saturated rings. The predicted octanol–water partition coefficient (Wildman–Crippen LogP) is 3.52. The van der Waals surface area contributed by atoms with Crippen LogP contribution in [-0.4, -0.2) is 0 Å². The summed E-state index contributed by atoms with van der Waals surface area (Å²) in [6, 6.07) is 8.92. The maximum absolute atomic E-state index is 13.6. The van der Waals surface area contributed by atoms with Gasteiger partial charge in [-0.1, -0.05) is 12.1 Å². The van der Waals surface area contributed by atoms with Crippen molar-refractivity contribution < 1.29 is 8.78 Å². The molecule has 2 aromatic carbocycles. The molecule has 0 aliphatic heterocycles. The third-order valence-electron chi connectivity index (χ3n) is 2.41.